The van der Waals surface area contributed by atoms with Gasteiger partial charge in [0.15, 0.2) is 0 Å². The smallest absolute Gasteiger partial charge is 0.226 e. The third-order valence-corrected chi connectivity index (χ3v) is 5.12. The van der Waals surface area contributed by atoms with Crippen molar-refractivity contribution in [3.63, 3.8) is 0 Å². The number of hydrogen-bond acceptors (Lipinski definition) is 3. The number of carbonyl (C=O) groups excluding carboxylic acids is 1. The summed E-state index contributed by atoms with van der Waals surface area (Å²) in [5.41, 5.74) is 0. The third kappa shape index (κ3) is 5.10. The molecule has 0 aliphatic carbocycles. The number of aliphatic hydroxyl groups excluding tert-OH is 1. The van der Waals surface area contributed by atoms with E-state index in [1.165, 1.54) is 0 Å². The molecule has 0 bridgehead atoms. The van der Waals surface area contributed by atoms with Crippen LogP contribution in [-0.4, -0.2) is 59.6 Å². The minimum Gasteiger partial charge on any atom is -0.392 e. The molecule has 1 amide bonds. The largest absolute Gasteiger partial charge is 0.392 e. The summed E-state index contributed by atoms with van der Waals surface area (Å²) in [5.74, 6) is 1.23. The Bertz CT molecular complexity index is 364. The van der Waals surface area contributed by atoms with Gasteiger partial charge in [0.05, 0.1) is 12.0 Å². The number of carbonyl (C=O) groups is 1. The molecule has 2 saturated heterocycles. The lowest BCUT2D eigenvalue weighted by molar-refractivity contribution is -0.138. The Balaban J connectivity index is 1.79. The van der Waals surface area contributed by atoms with Crippen molar-refractivity contribution in [1.82, 2.24) is 9.80 Å². The van der Waals surface area contributed by atoms with Crippen molar-refractivity contribution >= 4 is 5.91 Å². The predicted octanol–water partition coefficient (Wildman–Crippen LogP) is 2.28. The number of rotatable bonds is 6. The Morgan fingerprint density at radius 2 is 2.05 bits per heavy atom. The summed E-state index contributed by atoms with van der Waals surface area (Å²) in [4.78, 5) is 17.0. The average Bonchev–Trinajstić information content (AvgIpc) is 2.53. The molecule has 2 aliphatic heterocycles. The van der Waals surface area contributed by atoms with Crippen LogP contribution in [0.4, 0.5) is 0 Å². The molecule has 0 saturated carbocycles. The van der Waals surface area contributed by atoms with Crippen molar-refractivity contribution < 1.29 is 9.90 Å². The van der Waals surface area contributed by atoms with Crippen LogP contribution in [0.25, 0.3) is 0 Å². The van der Waals surface area contributed by atoms with Crippen LogP contribution >= 0.6 is 0 Å². The lowest BCUT2D eigenvalue weighted by Crippen LogP contribution is -2.48. The molecule has 4 nitrogen and oxygen atoms in total. The van der Waals surface area contributed by atoms with Crippen LogP contribution < -0.4 is 0 Å². The Kier molecular flexibility index (Phi) is 6.90. The number of aliphatic hydroxyl groups is 1. The van der Waals surface area contributed by atoms with Crippen LogP contribution in [0, 0.1) is 11.8 Å². The number of amides is 1. The van der Waals surface area contributed by atoms with E-state index in [2.05, 4.69) is 23.3 Å². The zero-order valence-electron chi connectivity index (χ0n) is 14.0. The molecule has 126 valence electrons. The van der Waals surface area contributed by atoms with E-state index >= 15 is 0 Å². The van der Waals surface area contributed by atoms with Gasteiger partial charge in [-0.05, 0) is 51.0 Å². The van der Waals surface area contributed by atoms with Gasteiger partial charge < -0.3 is 10.0 Å². The zero-order valence-corrected chi connectivity index (χ0v) is 14.0. The molecule has 0 aromatic heterocycles. The molecule has 0 aromatic carbocycles. The first kappa shape index (κ1) is 17.5. The fourth-order valence-electron chi connectivity index (χ4n) is 3.61. The molecular formula is C18H32N2O2. The zero-order chi connectivity index (χ0) is 15.9. The van der Waals surface area contributed by atoms with Crippen LogP contribution in [0.1, 0.15) is 45.4 Å². The molecule has 2 aliphatic rings. The highest BCUT2D eigenvalue weighted by Gasteiger charge is 2.31. The normalized spacial score (nSPS) is 25.9. The van der Waals surface area contributed by atoms with Gasteiger partial charge in [0, 0.05) is 26.2 Å². The van der Waals surface area contributed by atoms with Crippen molar-refractivity contribution in [2.45, 2.75) is 51.6 Å². The highest BCUT2D eigenvalue weighted by Crippen LogP contribution is 2.23. The van der Waals surface area contributed by atoms with Crippen LogP contribution in [-0.2, 0) is 4.79 Å². The van der Waals surface area contributed by atoms with E-state index in [0.29, 0.717) is 12.5 Å². The first-order valence-electron chi connectivity index (χ1n) is 8.90. The van der Waals surface area contributed by atoms with Gasteiger partial charge >= 0.3 is 0 Å². The number of likely N-dealkylation sites (tertiary alicyclic amines) is 2. The quantitative estimate of drug-likeness (QED) is 0.766. The lowest BCUT2D eigenvalue weighted by Gasteiger charge is -2.37. The van der Waals surface area contributed by atoms with E-state index < -0.39 is 0 Å². The van der Waals surface area contributed by atoms with E-state index in [-0.39, 0.29) is 12.0 Å². The predicted molar refractivity (Wildman–Crippen MR) is 89.6 cm³/mol. The van der Waals surface area contributed by atoms with Gasteiger partial charge in [-0.1, -0.05) is 13.0 Å². The molecule has 4 heteroatoms. The Morgan fingerprint density at radius 1 is 1.32 bits per heavy atom. The third-order valence-electron chi connectivity index (χ3n) is 5.12. The Labute approximate surface area is 135 Å². The molecule has 2 rings (SSSR count). The first-order chi connectivity index (χ1) is 10.6. The average molecular weight is 308 g/mol. The topological polar surface area (TPSA) is 43.8 Å². The van der Waals surface area contributed by atoms with E-state index in [0.717, 1.165) is 70.6 Å². The molecule has 0 radical (unpaired) electrons. The SMILES string of the molecule is C=CCCC(O)CN1CCCC(C(=O)N2CCC(C)CC2)C1. The van der Waals surface area contributed by atoms with Crippen LogP contribution in [0.5, 0.6) is 0 Å². The second-order valence-corrected chi connectivity index (χ2v) is 7.13. The molecule has 1 N–H and O–H groups in total. The maximum absolute atomic E-state index is 12.7. The Hall–Kier alpha value is -0.870. The number of piperidine rings is 2. The van der Waals surface area contributed by atoms with Crippen molar-refractivity contribution in [2.75, 3.05) is 32.7 Å². The van der Waals surface area contributed by atoms with E-state index in [1.807, 2.05) is 6.08 Å². The van der Waals surface area contributed by atoms with Gasteiger partial charge in [-0.2, -0.15) is 0 Å². The molecular weight excluding hydrogens is 276 g/mol. The number of nitrogens with zero attached hydrogens (tertiary/aromatic N) is 2. The second-order valence-electron chi connectivity index (χ2n) is 7.13. The van der Waals surface area contributed by atoms with Crippen LogP contribution in [0.2, 0.25) is 0 Å². The van der Waals surface area contributed by atoms with Gasteiger partial charge in [0.25, 0.3) is 0 Å². The van der Waals surface area contributed by atoms with Crippen molar-refractivity contribution in [1.29, 1.82) is 0 Å². The molecule has 2 fully saturated rings. The molecule has 2 atom stereocenters. The molecule has 0 spiro atoms. The maximum atomic E-state index is 12.7. The van der Waals surface area contributed by atoms with E-state index in [1.54, 1.807) is 0 Å². The highest BCUT2D eigenvalue weighted by atomic mass is 16.3. The fourth-order valence-corrected chi connectivity index (χ4v) is 3.61. The maximum Gasteiger partial charge on any atom is 0.226 e. The lowest BCUT2D eigenvalue weighted by atomic mass is 9.93. The summed E-state index contributed by atoms with van der Waals surface area (Å²) in [7, 11) is 0. The van der Waals surface area contributed by atoms with Gasteiger partial charge in [0.2, 0.25) is 5.91 Å². The molecule has 0 aromatic rings. The molecule has 2 unspecified atom stereocenters. The van der Waals surface area contributed by atoms with E-state index in [4.69, 9.17) is 0 Å². The standard InChI is InChI=1S/C18H32N2O2/c1-3-4-7-17(21)14-19-10-5-6-16(13-19)18(22)20-11-8-15(2)9-12-20/h3,15-17,21H,1,4-14H2,2H3. The monoisotopic (exact) mass is 308 g/mol. The van der Waals surface area contributed by atoms with E-state index in [9.17, 15) is 9.90 Å². The molecule has 22 heavy (non-hydrogen) atoms. The van der Waals surface area contributed by atoms with Gasteiger partial charge in [0.1, 0.15) is 0 Å². The number of β-amino-alcohol motifs (C(OH)–C–C–N with tert-alkyl or cyclic N) is 1. The van der Waals surface area contributed by atoms with Crippen molar-refractivity contribution in [3.05, 3.63) is 12.7 Å². The van der Waals surface area contributed by atoms with Gasteiger partial charge in [-0.3, -0.25) is 9.69 Å². The summed E-state index contributed by atoms with van der Waals surface area (Å²) < 4.78 is 0. The Morgan fingerprint density at radius 3 is 2.73 bits per heavy atom. The summed E-state index contributed by atoms with van der Waals surface area (Å²) in [6.07, 6.45) is 7.52. The van der Waals surface area contributed by atoms with Crippen LogP contribution in [0.3, 0.4) is 0 Å². The first-order valence-corrected chi connectivity index (χ1v) is 8.90. The number of hydrogen-bond donors (Lipinski definition) is 1. The summed E-state index contributed by atoms with van der Waals surface area (Å²) >= 11 is 0. The van der Waals surface area contributed by atoms with Crippen molar-refractivity contribution in [3.8, 4) is 0 Å². The second kappa shape index (κ2) is 8.68. The van der Waals surface area contributed by atoms with Crippen LogP contribution in [0.15, 0.2) is 12.7 Å². The minimum absolute atomic E-state index is 0.133. The minimum atomic E-state index is -0.303. The molecule has 2 heterocycles. The summed E-state index contributed by atoms with van der Waals surface area (Å²) in [6.45, 7) is 10.3. The van der Waals surface area contributed by atoms with Gasteiger partial charge in [-0.15, -0.1) is 6.58 Å². The van der Waals surface area contributed by atoms with Gasteiger partial charge in [-0.25, -0.2) is 0 Å². The number of allylic oxidation sites excluding steroid dienone is 1. The summed E-state index contributed by atoms with van der Waals surface area (Å²) in [6, 6.07) is 0. The fraction of sp³-hybridized carbons (Fsp3) is 0.833. The van der Waals surface area contributed by atoms with Crippen molar-refractivity contribution in [2.24, 2.45) is 11.8 Å². The summed E-state index contributed by atoms with van der Waals surface area (Å²) in [5, 5.41) is 10.1. The highest BCUT2D eigenvalue weighted by molar-refractivity contribution is 5.79.